The van der Waals surface area contributed by atoms with Gasteiger partial charge < -0.3 is 0 Å². The van der Waals surface area contributed by atoms with Gasteiger partial charge in [-0.1, -0.05) is 149 Å². The van der Waals surface area contributed by atoms with Crippen molar-refractivity contribution in [2.24, 2.45) is 49.7 Å². The Morgan fingerprint density at radius 2 is 0.672 bits per heavy atom. The second-order valence-electron chi connectivity index (χ2n) is 19.8. The number of hydrogen-bond acceptors (Lipinski definition) is 0. The molecule has 0 radical (unpaired) electrons. The summed E-state index contributed by atoms with van der Waals surface area (Å²) in [5.74, 6) is -0.533. The van der Waals surface area contributed by atoms with E-state index < -0.39 is 57.2 Å². The molecular formula is C46H84F12. The maximum atomic E-state index is 13.8. The Morgan fingerprint density at radius 1 is 0.397 bits per heavy atom. The number of rotatable bonds is 12. The lowest BCUT2D eigenvalue weighted by Crippen LogP contribution is -2.57. The minimum Gasteiger partial charge on any atom is -0.171 e. The fourth-order valence-corrected chi connectivity index (χ4v) is 9.77. The molecule has 12 heteroatoms. The van der Waals surface area contributed by atoms with Crippen molar-refractivity contribution in [3.8, 4) is 0 Å². The average Bonchev–Trinajstić information content (AvgIpc) is 3.12. The Hall–Kier alpha value is -0.840. The molecule has 0 spiro atoms. The summed E-state index contributed by atoms with van der Waals surface area (Å²) < 4.78 is 156. The quantitative estimate of drug-likeness (QED) is 0.172. The van der Waals surface area contributed by atoms with Gasteiger partial charge in [0.25, 0.3) is 0 Å². The molecule has 0 atom stereocenters. The lowest BCUT2D eigenvalue weighted by Gasteiger charge is -2.57. The highest BCUT2D eigenvalue weighted by molar-refractivity contribution is 5.05. The van der Waals surface area contributed by atoms with Crippen LogP contribution in [0.25, 0.3) is 0 Å². The first kappa shape index (κ1) is 59.3. The van der Waals surface area contributed by atoms with Gasteiger partial charge in [-0.3, -0.25) is 0 Å². The van der Waals surface area contributed by atoms with Crippen LogP contribution in [0.1, 0.15) is 220 Å². The highest BCUT2D eigenvalue weighted by Gasteiger charge is 2.67. The van der Waals surface area contributed by atoms with Crippen LogP contribution >= 0.6 is 0 Å². The van der Waals surface area contributed by atoms with Crippen LogP contribution in [0.5, 0.6) is 0 Å². The Bertz CT molecular complexity index is 1080. The molecule has 0 aromatic rings. The normalized spacial score (nSPS) is 19.3. The zero-order valence-electron chi connectivity index (χ0n) is 39.2. The highest BCUT2D eigenvalue weighted by atomic mass is 19.4. The lowest BCUT2D eigenvalue weighted by atomic mass is 9.49. The summed E-state index contributed by atoms with van der Waals surface area (Å²) in [4.78, 5) is 0. The minimum atomic E-state index is -4.17. The predicted molar refractivity (Wildman–Crippen MR) is 218 cm³/mol. The minimum absolute atomic E-state index is 0.102. The fraction of sp³-hybridized carbons (Fsp3) is 1.00. The van der Waals surface area contributed by atoms with Gasteiger partial charge in [0.1, 0.15) is 0 Å². The van der Waals surface area contributed by atoms with Crippen molar-refractivity contribution < 1.29 is 52.7 Å². The van der Waals surface area contributed by atoms with Crippen LogP contribution in [-0.4, -0.2) is 24.7 Å². The van der Waals surface area contributed by atoms with Crippen molar-refractivity contribution in [3.63, 3.8) is 0 Å². The second-order valence-corrected chi connectivity index (χ2v) is 19.8. The van der Waals surface area contributed by atoms with Crippen LogP contribution in [0, 0.1) is 49.7 Å². The van der Waals surface area contributed by atoms with Crippen molar-refractivity contribution in [2.75, 3.05) is 0 Å². The van der Waals surface area contributed by atoms with Gasteiger partial charge in [-0.25, -0.2) is 0 Å². The topological polar surface area (TPSA) is 0 Å². The first-order chi connectivity index (χ1) is 25.9. The van der Waals surface area contributed by atoms with Gasteiger partial charge in [-0.15, -0.1) is 0 Å². The SMILES string of the molecule is CC1(C(F)(F)F)CCCCC1.CC1(C)CCC(C)(C(F)(F)F)CC1.CCC(C)(CC)C(C)(C(F)(F)F)C(C)(CC)CC.CCC(CC)C(C)(C(CC)CC)C(F)(F)F. The lowest BCUT2D eigenvalue weighted by molar-refractivity contribution is -0.301. The van der Waals surface area contributed by atoms with Crippen molar-refractivity contribution in [1.82, 2.24) is 0 Å². The van der Waals surface area contributed by atoms with E-state index in [1.807, 2.05) is 69.2 Å². The molecule has 0 aliphatic heterocycles. The summed E-state index contributed by atoms with van der Waals surface area (Å²) in [5.41, 5.74) is -7.32. The molecule has 0 heterocycles. The molecule has 0 aromatic heterocycles. The molecule has 352 valence electrons. The van der Waals surface area contributed by atoms with E-state index in [0.717, 1.165) is 19.3 Å². The first-order valence-electron chi connectivity index (χ1n) is 22.2. The van der Waals surface area contributed by atoms with E-state index in [4.69, 9.17) is 0 Å². The summed E-state index contributed by atoms with van der Waals surface area (Å²) in [6, 6.07) is 0. The van der Waals surface area contributed by atoms with Gasteiger partial charge in [-0.05, 0) is 99.2 Å². The van der Waals surface area contributed by atoms with E-state index in [1.165, 1.54) is 27.7 Å². The monoisotopic (exact) mass is 865 g/mol. The maximum Gasteiger partial charge on any atom is 0.395 e. The highest BCUT2D eigenvalue weighted by Crippen LogP contribution is 2.65. The Balaban J connectivity index is 0. The molecule has 58 heavy (non-hydrogen) atoms. The van der Waals surface area contributed by atoms with Crippen LogP contribution in [0.3, 0.4) is 0 Å². The van der Waals surface area contributed by atoms with Gasteiger partial charge in [-0.2, -0.15) is 52.7 Å². The molecule has 2 aliphatic carbocycles. The van der Waals surface area contributed by atoms with Crippen LogP contribution < -0.4 is 0 Å². The summed E-state index contributed by atoms with van der Waals surface area (Å²) in [5, 5.41) is 0. The molecule has 0 amide bonds. The first-order valence-corrected chi connectivity index (χ1v) is 22.2. The summed E-state index contributed by atoms with van der Waals surface area (Å²) in [7, 11) is 0. The summed E-state index contributed by atoms with van der Waals surface area (Å²) in [6.07, 6.45) is -6.69. The van der Waals surface area contributed by atoms with Crippen molar-refractivity contribution in [3.05, 3.63) is 0 Å². The van der Waals surface area contributed by atoms with Gasteiger partial charge in [0.15, 0.2) is 0 Å². The van der Waals surface area contributed by atoms with Crippen LogP contribution in [0.2, 0.25) is 0 Å². The molecule has 0 aromatic carbocycles. The molecule has 2 rings (SSSR count). The molecule has 2 fully saturated rings. The Morgan fingerprint density at radius 3 is 0.862 bits per heavy atom. The second kappa shape index (κ2) is 22.0. The molecule has 2 aliphatic rings. The molecule has 0 nitrogen and oxygen atoms in total. The largest absolute Gasteiger partial charge is 0.395 e. The zero-order valence-corrected chi connectivity index (χ0v) is 39.2. The van der Waals surface area contributed by atoms with E-state index in [9.17, 15) is 52.7 Å². The van der Waals surface area contributed by atoms with Crippen LogP contribution in [-0.2, 0) is 0 Å². The summed E-state index contributed by atoms with van der Waals surface area (Å²) >= 11 is 0. The van der Waals surface area contributed by atoms with E-state index in [2.05, 4.69) is 0 Å². The van der Waals surface area contributed by atoms with Gasteiger partial charge in [0.2, 0.25) is 0 Å². The number of alkyl halides is 12. The van der Waals surface area contributed by atoms with Gasteiger partial charge >= 0.3 is 24.7 Å². The van der Waals surface area contributed by atoms with Crippen LogP contribution in [0.15, 0.2) is 0 Å². The zero-order chi connectivity index (χ0) is 46.7. The predicted octanol–water partition coefficient (Wildman–Crippen LogP) is 19.3. The Kier molecular flexibility index (Phi) is 22.5. The molecule has 0 bridgehead atoms. The van der Waals surface area contributed by atoms with E-state index in [-0.39, 0.29) is 30.1 Å². The van der Waals surface area contributed by atoms with Crippen molar-refractivity contribution >= 4 is 0 Å². The molecule has 2 saturated carbocycles. The standard InChI is InChI=1S/C15H29F3.C13H25F3.C10H17F3.C8H13F3/c1-8-12(5,9-2)14(7,15(16,17)18)13(6,10-3)11-4;1-6-10(7-2)12(5,13(14,15)16)11(8-3)9-4;1-8(2)4-6-9(3,7-5-8)10(11,12)13;1-7(8(9,10)11)5-3-2-4-6-7/h8-11H2,1-7H3;10-11H,6-9H2,1-5H3;4-7H2,1-3H3;2-6H2,1H3. The maximum absolute atomic E-state index is 13.8. The van der Waals surface area contributed by atoms with Gasteiger partial charge in [0, 0.05) is 0 Å². The Labute approximate surface area is 346 Å². The van der Waals surface area contributed by atoms with Crippen LogP contribution in [0.4, 0.5) is 52.7 Å². The number of halogens is 12. The smallest absolute Gasteiger partial charge is 0.171 e. The molecule has 0 N–H and O–H groups in total. The van der Waals surface area contributed by atoms with E-state index in [0.29, 0.717) is 77.0 Å². The summed E-state index contributed by atoms with van der Waals surface area (Å²) in [6.45, 7) is 28.2. The third kappa shape index (κ3) is 13.6. The van der Waals surface area contributed by atoms with Crippen molar-refractivity contribution in [1.29, 1.82) is 0 Å². The average molecular weight is 865 g/mol. The molecule has 0 saturated heterocycles. The third-order valence-electron chi connectivity index (χ3n) is 16.4. The van der Waals surface area contributed by atoms with Crippen molar-refractivity contribution in [2.45, 2.75) is 245 Å². The van der Waals surface area contributed by atoms with E-state index >= 15 is 0 Å². The van der Waals surface area contributed by atoms with E-state index in [1.54, 1.807) is 13.8 Å². The fourth-order valence-electron chi connectivity index (χ4n) is 9.77. The number of hydrogen-bond donors (Lipinski definition) is 0. The van der Waals surface area contributed by atoms with Gasteiger partial charge in [0.05, 0.1) is 21.7 Å². The molecular weight excluding hydrogens is 780 g/mol. The third-order valence-corrected chi connectivity index (χ3v) is 16.4. The molecule has 0 unspecified atom stereocenters.